The van der Waals surface area contributed by atoms with Crippen molar-refractivity contribution in [2.24, 2.45) is 5.92 Å². The molecule has 3 fully saturated rings. The summed E-state index contributed by atoms with van der Waals surface area (Å²) in [6, 6.07) is 0. The molecule has 3 rings (SSSR count). The molecule has 1 heterocycles. The van der Waals surface area contributed by atoms with Crippen molar-refractivity contribution in [1.29, 1.82) is 0 Å². The van der Waals surface area contributed by atoms with E-state index in [2.05, 4.69) is 0 Å². The summed E-state index contributed by atoms with van der Waals surface area (Å²) < 4.78 is 25.9. The summed E-state index contributed by atoms with van der Waals surface area (Å²) in [7, 11) is -3.07. The topological polar surface area (TPSA) is 57.7 Å². The van der Waals surface area contributed by atoms with Gasteiger partial charge in [-0.25, -0.2) is 8.42 Å². The van der Waals surface area contributed by atoms with Crippen molar-refractivity contribution < 1.29 is 13.2 Å². The van der Waals surface area contributed by atoms with Gasteiger partial charge in [0.1, 0.15) is 0 Å². The summed E-state index contributed by atoms with van der Waals surface area (Å²) in [5.41, 5.74) is 0. The van der Waals surface area contributed by atoms with Crippen molar-refractivity contribution in [3.63, 3.8) is 0 Å². The average molecular weight is 314 g/mol. The number of carbonyl (C=O) groups excluding carboxylic acids is 1. The van der Waals surface area contributed by atoms with Gasteiger partial charge in [0.15, 0.2) is 0 Å². The second kappa shape index (κ2) is 6.24. The lowest BCUT2D eigenvalue weighted by molar-refractivity contribution is -0.132. The molecule has 0 radical (unpaired) electrons. The van der Waals surface area contributed by atoms with Crippen LogP contribution in [-0.4, -0.2) is 55.0 Å². The van der Waals surface area contributed by atoms with E-state index in [0.29, 0.717) is 32.6 Å². The molecule has 3 aliphatic rings. The van der Waals surface area contributed by atoms with Gasteiger partial charge in [-0.3, -0.25) is 4.79 Å². The summed E-state index contributed by atoms with van der Waals surface area (Å²) in [6.07, 6.45) is 8.46. The normalized spacial score (nSPS) is 25.4. The average Bonchev–Trinajstić information content (AvgIpc) is 3.23. The minimum absolute atomic E-state index is 0.137. The molecule has 0 N–H and O–H groups in total. The quantitative estimate of drug-likeness (QED) is 0.774. The molecule has 0 unspecified atom stereocenters. The Morgan fingerprint density at radius 1 is 0.952 bits per heavy atom. The summed E-state index contributed by atoms with van der Waals surface area (Å²) in [6.45, 7) is 2.09. The van der Waals surface area contributed by atoms with Crippen LogP contribution in [0.5, 0.6) is 0 Å². The highest BCUT2D eigenvalue weighted by Gasteiger charge is 2.41. The smallest absolute Gasteiger partial charge is 0.222 e. The SMILES string of the molecule is O=C(CCC1CCCC1)N1CCN(S(=O)(=O)C2CC2)CC1. The van der Waals surface area contributed by atoms with E-state index in [1.165, 1.54) is 25.7 Å². The van der Waals surface area contributed by atoms with E-state index in [1.807, 2.05) is 4.90 Å². The maximum atomic E-state index is 12.2. The molecule has 0 aromatic carbocycles. The van der Waals surface area contributed by atoms with Crippen LogP contribution >= 0.6 is 0 Å². The van der Waals surface area contributed by atoms with Crippen LogP contribution in [0.3, 0.4) is 0 Å². The lowest BCUT2D eigenvalue weighted by atomic mass is 10.0. The van der Waals surface area contributed by atoms with Crippen LogP contribution in [-0.2, 0) is 14.8 Å². The van der Waals surface area contributed by atoms with Crippen LogP contribution in [0.2, 0.25) is 0 Å². The van der Waals surface area contributed by atoms with Crippen LogP contribution in [0.15, 0.2) is 0 Å². The summed E-state index contributed by atoms with van der Waals surface area (Å²) in [5.74, 6) is 0.954. The van der Waals surface area contributed by atoms with Crippen LogP contribution in [0, 0.1) is 5.92 Å². The molecule has 0 spiro atoms. The van der Waals surface area contributed by atoms with Crippen LogP contribution in [0.25, 0.3) is 0 Å². The van der Waals surface area contributed by atoms with E-state index >= 15 is 0 Å². The Kier molecular flexibility index (Phi) is 4.54. The first-order chi connectivity index (χ1) is 10.1. The van der Waals surface area contributed by atoms with Gasteiger partial charge in [-0.1, -0.05) is 25.7 Å². The van der Waals surface area contributed by atoms with Gasteiger partial charge in [0.05, 0.1) is 5.25 Å². The van der Waals surface area contributed by atoms with E-state index in [9.17, 15) is 13.2 Å². The minimum Gasteiger partial charge on any atom is -0.340 e. The van der Waals surface area contributed by atoms with E-state index < -0.39 is 10.0 Å². The molecule has 1 aliphatic heterocycles. The van der Waals surface area contributed by atoms with Gasteiger partial charge in [0.25, 0.3) is 0 Å². The number of nitrogens with zero attached hydrogens (tertiary/aromatic N) is 2. The zero-order chi connectivity index (χ0) is 14.9. The minimum atomic E-state index is -3.07. The largest absolute Gasteiger partial charge is 0.340 e. The first-order valence-corrected chi connectivity index (χ1v) is 9.84. The second-order valence-corrected chi connectivity index (χ2v) is 8.93. The molecule has 5 nitrogen and oxygen atoms in total. The maximum absolute atomic E-state index is 12.2. The Morgan fingerprint density at radius 2 is 1.57 bits per heavy atom. The van der Waals surface area contributed by atoms with Crippen molar-refractivity contribution in [3.05, 3.63) is 0 Å². The van der Waals surface area contributed by atoms with Gasteiger partial charge in [-0.2, -0.15) is 4.31 Å². The highest BCUT2D eigenvalue weighted by molar-refractivity contribution is 7.90. The van der Waals surface area contributed by atoms with E-state index in [-0.39, 0.29) is 11.2 Å². The first-order valence-electron chi connectivity index (χ1n) is 8.34. The summed E-state index contributed by atoms with van der Waals surface area (Å²) >= 11 is 0. The fourth-order valence-electron chi connectivity index (χ4n) is 3.55. The van der Waals surface area contributed by atoms with Gasteiger partial charge in [0.2, 0.25) is 15.9 Å². The number of hydrogen-bond acceptors (Lipinski definition) is 3. The second-order valence-electron chi connectivity index (χ2n) is 6.71. The number of hydrogen-bond donors (Lipinski definition) is 0. The molecule has 1 saturated heterocycles. The Labute approximate surface area is 127 Å². The van der Waals surface area contributed by atoms with E-state index in [1.54, 1.807) is 4.31 Å². The molecule has 0 atom stereocenters. The number of sulfonamides is 1. The van der Waals surface area contributed by atoms with Crippen LogP contribution in [0.1, 0.15) is 51.4 Å². The third kappa shape index (κ3) is 3.59. The third-order valence-electron chi connectivity index (χ3n) is 5.14. The number of rotatable bonds is 5. The van der Waals surface area contributed by atoms with Gasteiger partial charge in [-0.15, -0.1) is 0 Å². The lowest BCUT2D eigenvalue weighted by Gasteiger charge is -2.34. The molecule has 120 valence electrons. The standard InChI is InChI=1S/C15H26N2O3S/c18-15(8-5-13-3-1-2-4-13)16-9-11-17(12-10-16)21(19,20)14-6-7-14/h13-14H,1-12H2. The van der Waals surface area contributed by atoms with Crippen LogP contribution in [0.4, 0.5) is 0 Å². The maximum Gasteiger partial charge on any atom is 0.222 e. The Balaban J connectivity index is 1.43. The van der Waals surface area contributed by atoms with Crippen LogP contribution < -0.4 is 0 Å². The molecule has 0 aromatic rings. The fraction of sp³-hybridized carbons (Fsp3) is 0.933. The molecule has 1 amide bonds. The van der Waals surface area contributed by atoms with Crippen molar-refractivity contribution in [3.8, 4) is 0 Å². The number of amides is 1. The van der Waals surface area contributed by atoms with Crippen molar-refractivity contribution in [2.45, 2.75) is 56.6 Å². The van der Waals surface area contributed by atoms with Gasteiger partial charge in [0, 0.05) is 32.6 Å². The fourth-order valence-corrected chi connectivity index (χ4v) is 5.38. The van der Waals surface area contributed by atoms with Gasteiger partial charge in [-0.05, 0) is 25.2 Å². The monoisotopic (exact) mass is 314 g/mol. The molecule has 0 bridgehead atoms. The number of piperazine rings is 1. The lowest BCUT2D eigenvalue weighted by Crippen LogP contribution is -2.51. The molecular weight excluding hydrogens is 288 g/mol. The zero-order valence-corrected chi connectivity index (χ0v) is 13.5. The molecule has 2 aliphatic carbocycles. The number of carbonyl (C=O) groups is 1. The van der Waals surface area contributed by atoms with Crippen molar-refractivity contribution in [2.75, 3.05) is 26.2 Å². The molecule has 6 heteroatoms. The molecule has 21 heavy (non-hydrogen) atoms. The summed E-state index contributed by atoms with van der Waals surface area (Å²) in [4.78, 5) is 14.1. The highest BCUT2D eigenvalue weighted by Crippen LogP contribution is 2.32. The van der Waals surface area contributed by atoms with E-state index in [0.717, 1.165) is 25.2 Å². The molecular formula is C15H26N2O3S. The molecule has 2 saturated carbocycles. The van der Waals surface area contributed by atoms with Crippen molar-refractivity contribution >= 4 is 15.9 Å². The Bertz CT molecular complexity index is 473. The van der Waals surface area contributed by atoms with E-state index in [4.69, 9.17) is 0 Å². The highest BCUT2D eigenvalue weighted by atomic mass is 32.2. The Hall–Kier alpha value is -0.620. The molecule has 0 aromatic heterocycles. The van der Waals surface area contributed by atoms with Gasteiger partial charge < -0.3 is 4.90 Å². The third-order valence-corrected chi connectivity index (χ3v) is 7.54. The Morgan fingerprint density at radius 3 is 2.14 bits per heavy atom. The predicted molar refractivity (Wildman–Crippen MR) is 81.3 cm³/mol. The summed E-state index contributed by atoms with van der Waals surface area (Å²) in [5, 5.41) is -0.137. The van der Waals surface area contributed by atoms with Gasteiger partial charge >= 0.3 is 0 Å². The zero-order valence-electron chi connectivity index (χ0n) is 12.7. The van der Waals surface area contributed by atoms with Crippen molar-refractivity contribution in [1.82, 2.24) is 9.21 Å². The first kappa shape index (κ1) is 15.3. The predicted octanol–water partition coefficient (Wildman–Crippen LogP) is 1.59.